The Labute approximate surface area is 235 Å². The highest BCUT2D eigenvalue weighted by Gasteiger charge is 2.23. The second-order valence-electron chi connectivity index (χ2n) is 8.89. The molecule has 0 aliphatic carbocycles. The molecule has 1 aliphatic heterocycles. The van der Waals surface area contributed by atoms with Crippen molar-refractivity contribution in [1.29, 1.82) is 0 Å². The van der Waals surface area contributed by atoms with Gasteiger partial charge in [-0.15, -0.1) is 0 Å². The molecule has 1 heterocycles. The fourth-order valence-electron chi connectivity index (χ4n) is 3.40. The van der Waals surface area contributed by atoms with Gasteiger partial charge in [0, 0.05) is 31.5 Å². The quantitative estimate of drug-likeness (QED) is 0.0544. The number of nitrogens with one attached hydrogen (secondary N) is 5. The highest BCUT2D eigenvalue weighted by molar-refractivity contribution is 6.12. The van der Waals surface area contributed by atoms with E-state index in [1.807, 2.05) is 0 Å². The van der Waals surface area contributed by atoms with Crippen molar-refractivity contribution in [2.75, 3.05) is 32.7 Å². The van der Waals surface area contributed by atoms with E-state index in [0.29, 0.717) is 19.3 Å². The number of aliphatic carboxylic acids is 1. The Morgan fingerprint density at radius 1 is 0.707 bits per heavy atom. The number of rotatable bonds is 20. The molecule has 0 saturated heterocycles. The van der Waals surface area contributed by atoms with Crippen LogP contribution in [0.2, 0.25) is 0 Å². The molecule has 8 N–H and O–H groups in total. The van der Waals surface area contributed by atoms with Gasteiger partial charge in [0.05, 0.1) is 26.2 Å². The van der Waals surface area contributed by atoms with E-state index in [1.165, 1.54) is 12.2 Å². The molecule has 8 amide bonds. The van der Waals surface area contributed by atoms with Crippen molar-refractivity contribution < 1.29 is 48.3 Å². The Hall–Kier alpha value is -4.83. The Balaban J connectivity index is 2.40. The first kappa shape index (κ1) is 34.2. The van der Waals surface area contributed by atoms with Crippen molar-refractivity contribution >= 4 is 53.2 Å². The predicted molar refractivity (Wildman–Crippen MR) is 139 cm³/mol. The first-order valence-electron chi connectivity index (χ1n) is 12.8. The number of carboxylic acids is 1. The minimum Gasteiger partial charge on any atom is -0.481 e. The van der Waals surface area contributed by atoms with Gasteiger partial charge in [-0.05, 0) is 25.7 Å². The largest absolute Gasteiger partial charge is 0.481 e. The van der Waals surface area contributed by atoms with Crippen molar-refractivity contribution in [2.24, 2.45) is 5.73 Å². The first-order chi connectivity index (χ1) is 19.4. The van der Waals surface area contributed by atoms with Crippen LogP contribution >= 0.6 is 0 Å². The molecule has 17 heteroatoms. The van der Waals surface area contributed by atoms with Crippen molar-refractivity contribution in [1.82, 2.24) is 31.5 Å². The third-order valence-electron chi connectivity index (χ3n) is 5.50. The van der Waals surface area contributed by atoms with Crippen LogP contribution < -0.4 is 32.3 Å². The molecule has 41 heavy (non-hydrogen) atoms. The lowest BCUT2D eigenvalue weighted by molar-refractivity contribution is -0.138. The van der Waals surface area contributed by atoms with E-state index in [-0.39, 0.29) is 44.0 Å². The van der Waals surface area contributed by atoms with E-state index in [0.717, 1.165) is 4.90 Å². The van der Waals surface area contributed by atoms with Crippen LogP contribution in [0.4, 0.5) is 0 Å². The fraction of sp³-hybridized carbons (Fsp3) is 0.542. The molecule has 1 unspecified atom stereocenters. The fourth-order valence-corrected chi connectivity index (χ4v) is 3.40. The average molecular weight is 582 g/mol. The summed E-state index contributed by atoms with van der Waals surface area (Å²) in [5.74, 6) is -5.94. The maximum absolute atomic E-state index is 12.6. The molecule has 1 rings (SSSR count). The standard InChI is InChI=1S/C24H35N7O10/c25-16(32)11-26-18(34)12-27-19(35)13-28-20(36)14-29-24(41)15(5-4-7-23(39)40)30-17(33)6-2-1-3-10-31-21(37)8-9-22(31)38/h8-9,15H,1-7,10-14H2,(H2,25,32)(H,26,34)(H,27,35)(H,28,36)(H,29,41)(H,30,33)(H,39,40). The van der Waals surface area contributed by atoms with Crippen molar-refractivity contribution in [3.05, 3.63) is 12.2 Å². The molecule has 0 radical (unpaired) electrons. The number of carbonyl (C=O) groups is 9. The minimum atomic E-state index is -1.11. The number of carboxylic acid groups (broad SMARTS) is 1. The second kappa shape index (κ2) is 18.5. The van der Waals surface area contributed by atoms with Gasteiger partial charge in [0.15, 0.2) is 0 Å². The molecule has 0 aromatic rings. The number of hydrogen-bond acceptors (Lipinski definition) is 9. The van der Waals surface area contributed by atoms with E-state index in [1.54, 1.807) is 0 Å². The van der Waals surface area contributed by atoms with Crippen molar-refractivity contribution in [3.63, 3.8) is 0 Å². The van der Waals surface area contributed by atoms with Gasteiger partial charge in [-0.1, -0.05) is 6.42 Å². The normalized spacial score (nSPS) is 12.8. The summed E-state index contributed by atoms with van der Waals surface area (Å²) >= 11 is 0. The van der Waals surface area contributed by atoms with Crippen LogP contribution in [0.15, 0.2) is 12.2 Å². The number of unbranched alkanes of at least 4 members (excludes halogenated alkanes) is 2. The lowest BCUT2D eigenvalue weighted by atomic mass is 10.1. The van der Waals surface area contributed by atoms with Crippen LogP contribution in [0.5, 0.6) is 0 Å². The van der Waals surface area contributed by atoms with E-state index in [9.17, 15) is 43.2 Å². The van der Waals surface area contributed by atoms with Gasteiger partial charge in [-0.2, -0.15) is 0 Å². The third kappa shape index (κ3) is 15.4. The number of carbonyl (C=O) groups excluding carboxylic acids is 8. The smallest absolute Gasteiger partial charge is 0.303 e. The molecule has 0 bridgehead atoms. The lowest BCUT2D eigenvalue weighted by Gasteiger charge is -2.18. The number of nitrogens with zero attached hydrogens (tertiary/aromatic N) is 1. The Morgan fingerprint density at radius 3 is 1.78 bits per heavy atom. The average Bonchev–Trinajstić information content (AvgIpc) is 3.23. The molecule has 0 saturated carbocycles. The maximum atomic E-state index is 12.6. The highest BCUT2D eigenvalue weighted by Crippen LogP contribution is 2.08. The number of hydrogen-bond donors (Lipinski definition) is 7. The number of primary amides is 1. The zero-order valence-corrected chi connectivity index (χ0v) is 22.4. The molecule has 0 spiro atoms. The number of nitrogens with two attached hydrogens (primary N) is 1. The van der Waals surface area contributed by atoms with Gasteiger partial charge >= 0.3 is 5.97 Å². The van der Waals surface area contributed by atoms with Gasteiger partial charge in [0.2, 0.25) is 35.4 Å². The van der Waals surface area contributed by atoms with Gasteiger partial charge in [-0.25, -0.2) is 0 Å². The summed E-state index contributed by atoms with van der Waals surface area (Å²) < 4.78 is 0. The van der Waals surface area contributed by atoms with Crippen LogP contribution in [0.25, 0.3) is 0 Å². The summed E-state index contributed by atoms with van der Waals surface area (Å²) in [4.78, 5) is 106. The zero-order valence-electron chi connectivity index (χ0n) is 22.4. The lowest BCUT2D eigenvalue weighted by Crippen LogP contribution is -2.50. The third-order valence-corrected chi connectivity index (χ3v) is 5.50. The van der Waals surface area contributed by atoms with Gasteiger partial charge < -0.3 is 37.4 Å². The second-order valence-corrected chi connectivity index (χ2v) is 8.89. The van der Waals surface area contributed by atoms with E-state index in [2.05, 4.69) is 26.6 Å². The topological polar surface area (TPSA) is 263 Å². The summed E-state index contributed by atoms with van der Waals surface area (Å²) in [6, 6.07) is -1.11. The summed E-state index contributed by atoms with van der Waals surface area (Å²) in [5, 5.41) is 20.3. The molecular formula is C24H35N7O10. The van der Waals surface area contributed by atoms with E-state index >= 15 is 0 Å². The van der Waals surface area contributed by atoms with Crippen LogP contribution in [-0.4, -0.2) is 102 Å². The van der Waals surface area contributed by atoms with Crippen molar-refractivity contribution in [2.45, 2.75) is 51.0 Å². The monoisotopic (exact) mass is 581 g/mol. The minimum absolute atomic E-state index is 0.00208. The van der Waals surface area contributed by atoms with E-state index < -0.39 is 73.6 Å². The molecule has 0 fully saturated rings. The van der Waals surface area contributed by atoms with E-state index in [4.69, 9.17) is 10.8 Å². The predicted octanol–water partition coefficient (Wildman–Crippen LogP) is -3.84. The van der Waals surface area contributed by atoms with Crippen LogP contribution in [0, 0.1) is 0 Å². The summed E-state index contributed by atoms with van der Waals surface area (Å²) in [7, 11) is 0. The highest BCUT2D eigenvalue weighted by atomic mass is 16.4. The SMILES string of the molecule is NC(=O)CNC(=O)CNC(=O)CNC(=O)CNC(=O)C(CCCC(=O)O)NC(=O)CCCCCN1C(=O)C=CC1=O. The molecular weight excluding hydrogens is 546 g/mol. The molecule has 0 aromatic carbocycles. The Kier molecular flexibility index (Phi) is 15.4. The van der Waals surface area contributed by atoms with Gasteiger partial charge in [0.25, 0.3) is 11.8 Å². The van der Waals surface area contributed by atoms with Gasteiger partial charge in [0.1, 0.15) is 6.04 Å². The Bertz CT molecular complexity index is 1040. The molecule has 1 atom stereocenters. The zero-order chi connectivity index (χ0) is 30.8. The summed E-state index contributed by atoms with van der Waals surface area (Å²) in [6.45, 7) is -1.67. The summed E-state index contributed by atoms with van der Waals surface area (Å²) in [6.07, 6.45) is 3.69. The molecule has 17 nitrogen and oxygen atoms in total. The molecule has 1 aliphatic rings. The van der Waals surface area contributed by atoms with Crippen LogP contribution in [0.3, 0.4) is 0 Å². The molecule has 0 aromatic heterocycles. The van der Waals surface area contributed by atoms with Crippen molar-refractivity contribution in [3.8, 4) is 0 Å². The van der Waals surface area contributed by atoms with Crippen LogP contribution in [0.1, 0.15) is 44.9 Å². The number of amides is 8. The maximum Gasteiger partial charge on any atom is 0.303 e. The van der Waals surface area contributed by atoms with Gasteiger partial charge in [-0.3, -0.25) is 48.1 Å². The summed E-state index contributed by atoms with van der Waals surface area (Å²) in [5.41, 5.74) is 4.88. The molecule has 226 valence electrons. The number of imide groups is 1. The first-order valence-corrected chi connectivity index (χ1v) is 12.8. The Morgan fingerprint density at radius 2 is 1.24 bits per heavy atom. The van der Waals surface area contributed by atoms with Crippen LogP contribution in [-0.2, 0) is 43.2 Å².